The van der Waals surface area contributed by atoms with Crippen LogP contribution in [0.2, 0.25) is 0 Å². The predicted molar refractivity (Wildman–Crippen MR) is 176 cm³/mol. The molecule has 2 aliphatic rings. The molecule has 0 bridgehead atoms. The van der Waals surface area contributed by atoms with E-state index in [0.717, 1.165) is 23.0 Å². The van der Waals surface area contributed by atoms with Crippen LogP contribution in [0.1, 0.15) is 47.2 Å². The van der Waals surface area contributed by atoms with Gasteiger partial charge in [-0.1, -0.05) is 84.9 Å². The van der Waals surface area contributed by atoms with Crippen molar-refractivity contribution in [3.05, 3.63) is 167 Å². The Morgan fingerprint density at radius 1 is 0.419 bits per heavy atom. The molecular weight excluding hydrogens is 545 g/mol. The summed E-state index contributed by atoms with van der Waals surface area (Å²) in [4.78, 5) is 0. The van der Waals surface area contributed by atoms with Gasteiger partial charge in [-0.25, -0.2) is 0 Å². The van der Waals surface area contributed by atoms with Crippen LogP contribution in [0.3, 0.4) is 0 Å². The van der Waals surface area contributed by atoms with Gasteiger partial charge in [0.15, 0.2) is 0 Å². The lowest BCUT2D eigenvalue weighted by atomic mass is 9.68. The molecule has 3 heterocycles. The van der Waals surface area contributed by atoms with Crippen molar-refractivity contribution in [3.8, 4) is 23.0 Å². The molecular formula is C40H28O2S. The van der Waals surface area contributed by atoms with Crippen LogP contribution in [0.25, 0.3) is 20.2 Å². The Kier molecular flexibility index (Phi) is 5.07. The molecule has 1 aromatic heterocycles. The van der Waals surface area contributed by atoms with Gasteiger partial charge in [-0.15, -0.1) is 11.3 Å². The van der Waals surface area contributed by atoms with Gasteiger partial charge < -0.3 is 9.47 Å². The Balaban J connectivity index is 1.28. The maximum atomic E-state index is 6.38. The molecule has 9 rings (SSSR count). The topological polar surface area (TPSA) is 18.5 Å². The Bertz CT molecular complexity index is 1990. The second-order valence-corrected chi connectivity index (χ2v) is 13.0. The Morgan fingerprint density at radius 2 is 0.744 bits per heavy atom. The lowest BCUT2D eigenvalue weighted by Crippen LogP contribution is -2.29. The average Bonchev–Trinajstić information content (AvgIpc) is 3.42. The molecule has 0 saturated carbocycles. The van der Waals surface area contributed by atoms with Gasteiger partial charge in [0, 0.05) is 53.3 Å². The van der Waals surface area contributed by atoms with E-state index in [-0.39, 0.29) is 10.8 Å². The number of benzene rings is 6. The van der Waals surface area contributed by atoms with E-state index >= 15 is 0 Å². The fourth-order valence-corrected chi connectivity index (χ4v) is 8.49. The zero-order chi connectivity index (χ0) is 28.8. The van der Waals surface area contributed by atoms with Crippen molar-refractivity contribution >= 4 is 31.5 Å². The first-order valence-corrected chi connectivity index (χ1v) is 15.6. The summed E-state index contributed by atoms with van der Waals surface area (Å²) < 4.78 is 15.4. The molecule has 0 atom stereocenters. The van der Waals surface area contributed by atoms with E-state index in [4.69, 9.17) is 9.47 Å². The standard InChI is InChI=1S/C40H28O2S/c1-39(29-11-3-7-15-33(29)41-34-16-8-4-12-30(34)39)25-19-21-37-27(23-25)28-24-26(20-22-38(28)43-37)40(2)31-13-5-9-17-35(31)42-36-18-10-6-14-32(36)40/h3-24H,1-2H3. The van der Waals surface area contributed by atoms with E-state index in [1.165, 1.54) is 53.6 Å². The van der Waals surface area contributed by atoms with Gasteiger partial charge in [0.1, 0.15) is 23.0 Å². The molecule has 0 radical (unpaired) electrons. The normalized spacial score (nSPS) is 15.5. The average molecular weight is 573 g/mol. The van der Waals surface area contributed by atoms with Crippen molar-refractivity contribution in [3.63, 3.8) is 0 Å². The molecule has 0 N–H and O–H groups in total. The highest BCUT2D eigenvalue weighted by Gasteiger charge is 2.41. The van der Waals surface area contributed by atoms with E-state index in [2.05, 4.69) is 147 Å². The van der Waals surface area contributed by atoms with E-state index in [1.807, 2.05) is 11.3 Å². The first-order chi connectivity index (χ1) is 21.0. The Labute approximate surface area is 254 Å². The second-order valence-electron chi connectivity index (χ2n) is 12.0. The number of hydrogen-bond donors (Lipinski definition) is 0. The van der Waals surface area contributed by atoms with Crippen LogP contribution in [-0.2, 0) is 10.8 Å². The first-order valence-electron chi connectivity index (χ1n) is 14.8. The smallest absolute Gasteiger partial charge is 0.131 e. The number of rotatable bonds is 2. The van der Waals surface area contributed by atoms with Gasteiger partial charge >= 0.3 is 0 Å². The van der Waals surface area contributed by atoms with Crippen LogP contribution < -0.4 is 9.47 Å². The molecule has 0 amide bonds. The van der Waals surface area contributed by atoms with Crippen molar-refractivity contribution < 1.29 is 9.47 Å². The quantitative estimate of drug-likeness (QED) is 0.205. The maximum absolute atomic E-state index is 6.38. The van der Waals surface area contributed by atoms with Gasteiger partial charge in [0.25, 0.3) is 0 Å². The lowest BCUT2D eigenvalue weighted by molar-refractivity contribution is 0.427. The molecule has 3 heteroatoms. The predicted octanol–water partition coefficient (Wildman–Crippen LogP) is 11.0. The van der Waals surface area contributed by atoms with Crippen molar-refractivity contribution in [2.45, 2.75) is 24.7 Å². The first kappa shape index (κ1) is 24.7. The third-order valence-electron chi connectivity index (χ3n) is 9.77. The molecule has 0 saturated heterocycles. The van der Waals surface area contributed by atoms with Gasteiger partial charge in [-0.05, 0) is 73.5 Å². The summed E-state index contributed by atoms with van der Waals surface area (Å²) >= 11 is 1.86. The molecule has 6 aromatic carbocycles. The van der Waals surface area contributed by atoms with Gasteiger partial charge in [-0.2, -0.15) is 0 Å². The van der Waals surface area contributed by atoms with Crippen LogP contribution >= 0.6 is 11.3 Å². The monoisotopic (exact) mass is 572 g/mol. The molecule has 0 spiro atoms. The second kappa shape index (κ2) is 8.82. The van der Waals surface area contributed by atoms with E-state index < -0.39 is 0 Å². The number of hydrogen-bond acceptors (Lipinski definition) is 3. The third-order valence-corrected chi connectivity index (χ3v) is 10.9. The van der Waals surface area contributed by atoms with Crippen molar-refractivity contribution in [2.75, 3.05) is 0 Å². The fraction of sp³-hybridized carbons (Fsp3) is 0.100. The highest BCUT2D eigenvalue weighted by Crippen LogP contribution is 2.54. The molecule has 2 nitrogen and oxygen atoms in total. The summed E-state index contributed by atoms with van der Waals surface area (Å²) in [5, 5.41) is 2.58. The van der Waals surface area contributed by atoms with E-state index in [1.54, 1.807) is 0 Å². The zero-order valence-corrected chi connectivity index (χ0v) is 24.7. The summed E-state index contributed by atoms with van der Waals surface area (Å²) in [6.45, 7) is 4.68. The van der Waals surface area contributed by atoms with Gasteiger partial charge in [0.05, 0.1) is 0 Å². The highest BCUT2D eigenvalue weighted by molar-refractivity contribution is 7.25. The van der Waals surface area contributed by atoms with Crippen LogP contribution in [0.5, 0.6) is 23.0 Å². The molecule has 7 aromatic rings. The maximum Gasteiger partial charge on any atom is 0.131 e. The van der Waals surface area contributed by atoms with E-state index in [0.29, 0.717) is 0 Å². The Morgan fingerprint density at radius 3 is 1.09 bits per heavy atom. The number of thiophene rings is 1. The highest BCUT2D eigenvalue weighted by atomic mass is 32.1. The fourth-order valence-electron chi connectivity index (χ4n) is 7.42. The minimum Gasteiger partial charge on any atom is -0.457 e. The Hall–Kier alpha value is -4.86. The molecule has 2 aliphatic heterocycles. The summed E-state index contributed by atoms with van der Waals surface area (Å²) in [7, 11) is 0. The van der Waals surface area contributed by atoms with E-state index in [9.17, 15) is 0 Å². The zero-order valence-electron chi connectivity index (χ0n) is 23.9. The van der Waals surface area contributed by atoms with Gasteiger partial charge in [-0.3, -0.25) is 0 Å². The van der Waals surface area contributed by atoms with Crippen molar-refractivity contribution in [1.82, 2.24) is 0 Å². The number of para-hydroxylation sites is 4. The van der Waals surface area contributed by atoms with Crippen molar-refractivity contribution in [1.29, 1.82) is 0 Å². The molecule has 0 fully saturated rings. The van der Waals surface area contributed by atoms with Crippen LogP contribution in [0.15, 0.2) is 133 Å². The molecule has 43 heavy (non-hydrogen) atoms. The minimum atomic E-state index is -0.351. The van der Waals surface area contributed by atoms with Crippen LogP contribution in [-0.4, -0.2) is 0 Å². The molecule has 0 unspecified atom stereocenters. The SMILES string of the molecule is CC1(c2ccc3sc4ccc(C5(C)c6ccccc6Oc6ccccc65)cc4c3c2)c2ccccc2Oc2ccccc21. The van der Waals surface area contributed by atoms with Crippen molar-refractivity contribution in [2.24, 2.45) is 0 Å². The molecule has 206 valence electrons. The van der Waals surface area contributed by atoms with Crippen LogP contribution in [0.4, 0.5) is 0 Å². The largest absolute Gasteiger partial charge is 0.457 e. The lowest BCUT2D eigenvalue weighted by Gasteiger charge is -2.38. The summed E-state index contributed by atoms with van der Waals surface area (Å²) in [5.74, 6) is 3.69. The summed E-state index contributed by atoms with van der Waals surface area (Å²) in [5.41, 5.74) is 6.59. The number of ether oxygens (including phenoxy) is 2. The minimum absolute atomic E-state index is 0.351. The summed E-state index contributed by atoms with van der Waals surface area (Å²) in [6.07, 6.45) is 0. The third kappa shape index (κ3) is 3.34. The van der Waals surface area contributed by atoms with Gasteiger partial charge in [0.2, 0.25) is 0 Å². The summed E-state index contributed by atoms with van der Waals surface area (Å²) in [6, 6.07) is 47.9. The number of fused-ring (bicyclic) bond motifs is 7. The molecule has 0 aliphatic carbocycles. The van der Waals surface area contributed by atoms with Crippen LogP contribution in [0, 0.1) is 0 Å².